The van der Waals surface area contributed by atoms with Crippen molar-refractivity contribution in [3.63, 3.8) is 0 Å². The molecule has 1 fully saturated rings. The van der Waals surface area contributed by atoms with E-state index in [0.717, 1.165) is 11.1 Å². The number of fused-ring (bicyclic) bond motifs is 1. The zero-order valence-electron chi connectivity index (χ0n) is 16.8. The Morgan fingerprint density at radius 3 is 2.91 bits per heavy atom. The molecule has 1 saturated heterocycles. The van der Waals surface area contributed by atoms with Gasteiger partial charge in [0.2, 0.25) is 11.8 Å². The van der Waals surface area contributed by atoms with Crippen LogP contribution in [0.3, 0.4) is 0 Å². The largest absolute Gasteiger partial charge is 0.341 e. The second-order valence-corrected chi connectivity index (χ2v) is 7.34. The topological polar surface area (TPSA) is 132 Å². The van der Waals surface area contributed by atoms with E-state index in [0.29, 0.717) is 17.5 Å². The summed E-state index contributed by atoms with van der Waals surface area (Å²) in [5, 5.41) is 14.0. The highest BCUT2D eigenvalue weighted by Gasteiger charge is 2.39. The number of aromatic nitrogens is 1. The molecule has 1 aromatic carbocycles. The molecule has 0 spiro atoms. The van der Waals surface area contributed by atoms with E-state index in [1.807, 2.05) is 12.1 Å². The molecule has 4 rings (SSSR count). The van der Waals surface area contributed by atoms with E-state index in [4.69, 9.17) is 5.26 Å². The molecule has 0 bridgehead atoms. The lowest BCUT2D eigenvalue weighted by Crippen LogP contribution is -2.52. The van der Waals surface area contributed by atoms with Crippen molar-refractivity contribution in [3.05, 3.63) is 64.5 Å². The number of benzene rings is 1. The number of piperidine rings is 1. The first-order chi connectivity index (χ1) is 15.5. The van der Waals surface area contributed by atoms with Gasteiger partial charge >= 0.3 is 0 Å². The third-order valence-corrected chi connectivity index (χ3v) is 5.27. The number of carbonyl (C=O) groups excluding carboxylic acids is 4. The number of nitrogens with zero attached hydrogens (tertiary/aromatic N) is 3. The maximum atomic E-state index is 12.7. The molecule has 9 nitrogen and oxygen atoms in total. The number of carbonyl (C=O) groups is 4. The van der Waals surface area contributed by atoms with Gasteiger partial charge in [-0.25, -0.2) is 4.98 Å². The Labute approximate surface area is 183 Å². The number of rotatable bonds is 3. The van der Waals surface area contributed by atoms with Gasteiger partial charge in [-0.2, -0.15) is 5.26 Å². The number of nitriles is 1. The molecule has 4 amide bonds. The van der Waals surface area contributed by atoms with Crippen molar-refractivity contribution in [1.29, 1.82) is 5.26 Å². The van der Waals surface area contributed by atoms with Crippen LogP contribution in [0.5, 0.6) is 0 Å². The predicted molar refractivity (Wildman–Crippen MR) is 110 cm³/mol. The van der Waals surface area contributed by atoms with E-state index in [1.54, 1.807) is 24.3 Å². The molecule has 158 valence electrons. The highest BCUT2D eigenvalue weighted by atomic mass is 16.2. The fourth-order valence-electron chi connectivity index (χ4n) is 3.68. The Kier molecular flexibility index (Phi) is 5.65. The zero-order chi connectivity index (χ0) is 22.7. The van der Waals surface area contributed by atoms with Crippen LogP contribution >= 0.6 is 0 Å². The van der Waals surface area contributed by atoms with E-state index >= 15 is 0 Å². The Morgan fingerprint density at radius 1 is 1.28 bits per heavy atom. The molecule has 0 radical (unpaired) electrons. The molecule has 32 heavy (non-hydrogen) atoms. The maximum Gasteiger partial charge on any atom is 0.296 e. The molecule has 2 aromatic rings. The van der Waals surface area contributed by atoms with Crippen LogP contribution in [-0.4, -0.2) is 39.6 Å². The van der Waals surface area contributed by atoms with E-state index in [9.17, 15) is 19.2 Å². The molecule has 0 saturated carbocycles. The second kappa shape index (κ2) is 8.70. The predicted octanol–water partition coefficient (Wildman–Crippen LogP) is 0.382. The third-order valence-electron chi connectivity index (χ3n) is 5.27. The standard InChI is InChI=1S/C23H17N5O4/c24-11-18-15(2-1-9-25-18)4-7-20(29)26-12-14-3-5-17-16(10-14)13-28(23(17)32)19-6-8-21(30)27-22(19)31/h1-3,5,9-10,19H,6,8,12-13H2,(H,26,29)(H,27,30,31). The van der Waals surface area contributed by atoms with Gasteiger partial charge in [-0.15, -0.1) is 0 Å². The molecule has 1 unspecified atom stereocenters. The molecule has 2 aliphatic heterocycles. The Balaban J connectivity index is 1.40. The lowest BCUT2D eigenvalue weighted by atomic mass is 10.0. The molecular formula is C23H17N5O4. The lowest BCUT2D eigenvalue weighted by molar-refractivity contribution is -0.137. The summed E-state index contributed by atoms with van der Waals surface area (Å²) in [4.78, 5) is 53.6. The van der Waals surface area contributed by atoms with Crippen LogP contribution in [0.4, 0.5) is 0 Å². The molecule has 3 heterocycles. The van der Waals surface area contributed by atoms with Crippen molar-refractivity contribution >= 4 is 23.6 Å². The second-order valence-electron chi connectivity index (χ2n) is 7.34. The van der Waals surface area contributed by atoms with Crippen molar-refractivity contribution in [3.8, 4) is 17.9 Å². The summed E-state index contributed by atoms with van der Waals surface area (Å²) >= 11 is 0. The van der Waals surface area contributed by atoms with Crippen molar-refractivity contribution in [2.24, 2.45) is 0 Å². The normalized spacial score (nSPS) is 17.0. The highest BCUT2D eigenvalue weighted by molar-refractivity contribution is 6.05. The van der Waals surface area contributed by atoms with E-state index < -0.39 is 17.9 Å². The first kappa shape index (κ1) is 20.8. The van der Waals surface area contributed by atoms with Crippen molar-refractivity contribution in [1.82, 2.24) is 20.5 Å². The van der Waals surface area contributed by atoms with Crippen LogP contribution in [-0.2, 0) is 27.5 Å². The van der Waals surface area contributed by atoms with E-state index in [-0.39, 0.29) is 37.0 Å². The van der Waals surface area contributed by atoms with E-state index in [1.165, 1.54) is 11.1 Å². The molecular weight excluding hydrogens is 410 g/mol. The monoisotopic (exact) mass is 427 g/mol. The van der Waals surface area contributed by atoms with Gasteiger partial charge in [-0.3, -0.25) is 24.5 Å². The van der Waals surface area contributed by atoms with Crippen LogP contribution in [0.25, 0.3) is 0 Å². The summed E-state index contributed by atoms with van der Waals surface area (Å²) in [6.45, 7) is 0.464. The molecule has 2 aliphatic rings. The van der Waals surface area contributed by atoms with E-state index in [2.05, 4.69) is 27.5 Å². The number of amides is 4. The average Bonchev–Trinajstić information content (AvgIpc) is 3.12. The molecule has 9 heteroatoms. The Hall–Kier alpha value is -4.50. The molecule has 1 aromatic heterocycles. The van der Waals surface area contributed by atoms with Crippen molar-refractivity contribution in [2.45, 2.75) is 32.0 Å². The zero-order valence-corrected chi connectivity index (χ0v) is 16.8. The minimum atomic E-state index is -0.670. The van der Waals surface area contributed by atoms with Crippen molar-refractivity contribution in [2.75, 3.05) is 0 Å². The fraction of sp³-hybridized carbons (Fsp3) is 0.217. The van der Waals surface area contributed by atoms with Gasteiger partial charge in [-0.1, -0.05) is 18.1 Å². The number of pyridine rings is 1. The van der Waals surface area contributed by atoms with Gasteiger partial charge in [-0.05, 0) is 35.7 Å². The molecule has 2 N–H and O–H groups in total. The number of hydrogen-bond donors (Lipinski definition) is 2. The minimum absolute atomic E-state index is 0.150. The van der Waals surface area contributed by atoms with Gasteiger partial charge in [0, 0.05) is 37.2 Å². The third kappa shape index (κ3) is 4.18. The summed E-state index contributed by atoms with van der Waals surface area (Å²) in [7, 11) is 0. The lowest BCUT2D eigenvalue weighted by Gasteiger charge is -2.29. The first-order valence-electron chi connectivity index (χ1n) is 9.87. The molecule has 0 aliphatic carbocycles. The summed E-state index contributed by atoms with van der Waals surface area (Å²) in [5.74, 6) is 3.52. The SMILES string of the molecule is N#Cc1ncccc1C#CC(=O)NCc1ccc2c(c1)CN(C1CCC(=O)NC1=O)C2=O. The highest BCUT2D eigenvalue weighted by Crippen LogP contribution is 2.28. The number of hydrogen-bond acceptors (Lipinski definition) is 6. The van der Waals surface area contributed by atoms with Crippen molar-refractivity contribution < 1.29 is 19.2 Å². The van der Waals surface area contributed by atoms with Gasteiger partial charge in [0.25, 0.3) is 11.8 Å². The fourth-order valence-corrected chi connectivity index (χ4v) is 3.68. The van der Waals surface area contributed by atoms with Crippen LogP contribution < -0.4 is 10.6 Å². The van der Waals surface area contributed by atoms with Gasteiger partial charge in [0.05, 0.1) is 5.56 Å². The van der Waals surface area contributed by atoms with Crippen LogP contribution in [0.15, 0.2) is 36.5 Å². The van der Waals surface area contributed by atoms with Gasteiger partial charge in [0.1, 0.15) is 12.1 Å². The van der Waals surface area contributed by atoms with Gasteiger partial charge in [0.15, 0.2) is 5.69 Å². The van der Waals surface area contributed by atoms with Crippen LogP contribution in [0, 0.1) is 23.2 Å². The summed E-state index contributed by atoms with van der Waals surface area (Å²) in [5.41, 5.74) is 2.55. The maximum absolute atomic E-state index is 12.7. The number of nitrogens with one attached hydrogen (secondary N) is 2. The van der Waals surface area contributed by atoms with Gasteiger partial charge < -0.3 is 10.2 Å². The summed E-state index contributed by atoms with van der Waals surface area (Å²) in [6.07, 6.45) is 1.98. The summed E-state index contributed by atoms with van der Waals surface area (Å²) < 4.78 is 0. The Morgan fingerprint density at radius 2 is 2.12 bits per heavy atom. The van der Waals surface area contributed by atoms with Crippen LogP contribution in [0.2, 0.25) is 0 Å². The minimum Gasteiger partial charge on any atom is -0.341 e. The summed E-state index contributed by atoms with van der Waals surface area (Å²) in [6, 6.07) is 9.70. The van der Waals surface area contributed by atoms with Crippen LogP contribution in [0.1, 0.15) is 45.6 Å². The number of imide groups is 1. The Bertz CT molecular complexity index is 1250. The molecule has 1 atom stereocenters. The average molecular weight is 427 g/mol. The smallest absolute Gasteiger partial charge is 0.296 e. The quantitative estimate of drug-likeness (QED) is 0.538. The first-order valence-corrected chi connectivity index (χ1v) is 9.87.